The fraction of sp³-hybridized carbons (Fsp3) is 0.444. The topological polar surface area (TPSA) is 48.2 Å². The third-order valence-electron chi connectivity index (χ3n) is 3.55. The van der Waals surface area contributed by atoms with E-state index < -0.39 is 0 Å². The van der Waals surface area contributed by atoms with Crippen molar-refractivity contribution in [2.75, 3.05) is 20.3 Å². The highest BCUT2D eigenvalue weighted by Gasteiger charge is 2.02. The van der Waals surface area contributed by atoms with Gasteiger partial charge in [0.15, 0.2) is 17.3 Å². The second-order valence-electron chi connectivity index (χ2n) is 5.27. The van der Waals surface area contributed by atoms with Crippen molar-refractivity contribution in [3.05, 3.63) is 48.4 Å². The van der Waals surface area contributed by atoms with Crippen molar-refractivity contribution >= 4 is 0 Å². The third kappa shape index (κ3) is 5.82. The molecule has 4 nitrogen and oxygen atoms in total. The number of rotatable bonds is 11. The Bertz CT molecular complexity index is 511. The van der Waals surface area contributed by atoms with Gasteiger partial charge in [0, 0.05) is 0 Å². The van der Waals surface area contributed by atoms with E-state index in [0.29, 0.717) is 0 Å². The number of ether oxygens (including phenoxy) is 2. The van der Waals surface area contributed by atoms with Crippen LogP contribution in [-0.2, 0) is 6.54 Å². The summed E-state index contributed by atoms with van der Waals surface area (Å²) >= 11 is 0. The van der Waals surface area contributed by atoms with Crippen LogP contribution in [0.25, 0.3) is 0 Å². The predicted molar refractivity (Wildman–Crippen MR) is 86.2 cm³/mol. The summed E-state index contributed by atoms with van der Waals surface area (Å²) in [6, 6.07) is 11.7. The van der Waals surface area contributed by atoms with E-state index in [9.17, 15) is 0 Å². The summed E-state index contributed by atoms with van der Waals surface area (Å²) in [5.41, 5.74) is 0. The molecule has 2 rings (SSSR count). The van der Waals surface area contributed by atoms with E-state index in [1.54, 1.807) is 13.4 Å². The third-order valence-corrected chi connectivity index (χ3v) is 3.55. The van der Waals surface area contributed by atoms with Crippen molar-refractivity contribution in [1.82, 2.24) is 0 Å². The van der Waals surface area contributed by atoms with E-state index in [-0.39, 0.29) is 0 Å². The molecule has 4 heteroatoms. The van der Waals surface area contributed by atoms with E-state index in [4.69, 9.17) is 13.9 Å². The van der Waals surface area contributed by atoms with E-state index in [2.05, 4.69) is 5.32 Å². The van der Waals surface area contributed by atoms with Crippen LogP contribution in [0.2, 0.25) is 0 Å². The monoisotopic (exact) mass is 304 g/mol. The lowest BCUT2D eigenvalue weighted by Crippen LogP contribution is -2.82. The van der Waals surface area contributed by atoms with Crippen molar-refractivity contribution in [3.8, 4) is 11.5 Å². The van der Waals surface area contributed by atoms with Crippen molar-refractivity contribution in [2.45, 2.75) is 32.2 Å². The van der Waals surface area contributed by atoms with Gasteiger partial charge in [0.1, 0.15) is 6.54 Å². The molecule has 0 amide bonds. The molecular weight excluding hydrogens is 278 g/mol. The Kier molecular flexibility index (Phi) is 7.39. The Morgan fingerprint density at radius 2 is 1.77 bits per heavy atom. The summed E-state index contributed by atoms with van der Waals surface area (Å²) in [5.74, 6) is 2.68. The Hall–Kier alpha value is -1.94. The predicted octanol–water partition coefficient (Wildman–Crippen LogP) is 2.99. The second kappa shape index (κ2) is 9.90. The van der Waals surface area contributed by atoms with Crippen LogP contribution in [0.15, 0.2) is 47.1 Å². The Morgan fingerprint density at radius 1 is 0.955 bits per heavy atom. The number of nitrogens with two attached hydrogens (primary N) is 1. The molecule has 2 N–H and O–H groups in total. The first kappa shape index (κ1) is 16.4. The number of furan rings is 1. The summed E-state index contributed by atoms with van der Waals surface area (Å²) in [4.78, 5) is 0. The van der Waals surface area contributed by atoms with Gasteiger partial charge in [0.25, 0.3) is 0 Å². The molecule has 22 heavy (non-hydrogen) atoms. The smallest absolute Gasteiger partial charge is 0.161 e. The molecule has 0 bridgehead atoms. The molecule has 0 atom stereocenters. The molecule has 0 spiro atoms. The maximum Gasteiger partial charge on any atom is 0.161 e. The summed E-state index contributed by atoms with van der Waals surface area (Å²) in [7, 11) is 1.67. The first-order valence-electron chi connectivity index (χ1n) is 8.00. The van der Waals surface area contributed by atoms with Crippen LogP contribution in [0.5, 0.6) is 11.5 Å². The number of hydrogen-bond donors (Lipinski definition) is 1. The molecule has 2 aromatic rings. The van der Waals surface area contributed by atoms with Gasteiger partial charge in [-0.2, -0.15) is 0 Å². The largest absolute Gasteiger partial charge is 0.493 e. The SMILES string of the molecule is COc1ccccc1OCCCCCC[NH2+]Cc1ccco1. The molecule has 1 heterocycles. The minimum Gasteiger partial charge on any atom is -0.493 e. The van der Waals surface area contributed by atoms with Crippen LogP contribution in [-0.4, -0.2) is 20.3 Å². The molecule has 0 saturated carbocycles. The van der Waals surface area contributed by atoms with Crippen LogP contribution in [0.4, 0.5) is 0 Å². The zero-order valence-electron chi connectivity index (χ0n) is 13.3. The highest BCUT2D eigenvalue weighted by Crippen LogP contribution is 2.25. The number of methoxy groups -OCH3 is 1. The molecule has 1 aromatic carbocycles. The summed E-state index contributed by atoms with van der Waals surface area (Å²) in [5, 5.41) is 2.30. The maximum absolute atomic E-state index is 5.76. The van der Waals surface area contributed by atoms with Gasteiger partial charge in [-0.15, -0.1) is 0 Å². The fourth-order valence-electron chi connectivity index (χ4n) is 2.34. The van der Waals surface area contributed by atoms with Crippen LogP contribution in [0.1, 0.15) is 31.4 Å². The van der Waals surface area contributed by atoms with Gasteiger partial charge < -0.3 is 19.2 Å². The van der Waals surface area contributed by atoms with E-state index >= 15 is 0 Å². The molecule has 0 unspecified atom stereocenters. The van der Waals surface area contributed by atoms with E-state index in [0.717, 1.165) is 43.4 Å². The van der Waals surface area contributed by atoms with Crippen molar-refractivity contribution in [2.24, 2.45) is 0 Å². The number of para-hydroxylation sites is 2. The summed E-state index contributed by atoms with van der Waals surface area (Å²) < 4.78 is 16.3. The standard InChI is InChI=1S/C18H25NO3/c1-20-17-10-4-5-11-18(17)22-13-7-3-2-6-12-19-15-16-9-8-14-21-16/h4-5,8-11,14,19H,2-3,6-7,12-13,15H2,1H3/p+1. The van der Waals surface area contributed by atoms with E-state index in [1.807, 2.05) is 36.4 Å². The van der Waals surface area contributed by atoms with Gasteiger partial charge in [-0.05, 0) is 49.9 Å². The maximum atomic E-state index is 5.76. The first-order valence-corrected chi connectivity index (χ1v) is 8.00. The zero-order valence-corrected chi connectivity index (χ0v) is 13.3. The number of quaternary nitrogens is 1. The normalized spacial score (nSPS) is 10.6. The van der Waals surface area contributed by atoms with Crippen LogP contribution < -0.4 is 14.8 Å². The molecule has 0 aliphatic carbocycles. The van der Waals surface area contributed by atoms with Gasteiger partial charge in [0.2, 0.25) is 0 Å². The van der Waals surface area contributed by atoms with Gasteiger partial charge in [0.05, 0.1) is 26.5 Å². The molecular formula is C18H26NO3+. The van der Waals surface area contributed by atoms with Gasteiger partial charge in [-0.25, -0.2) is 0 Å². The lowest BCUT2D eigenvalue weighted by atomic mass is 10.2. The summed E-state index contributed by atoms with van der Waals surface area (Å²) in [6.45, 7) is 2.83. The van der Waals surface area contributed by atoms with E-state index in [1.165, 1.54) is 19.3 Å². The quantitative estimate of drug-likeness (QED) is 0.649. The minimum atomic E-state index is 0.747. The van der Waals surface area contributed by atoms with Gasteiger partial charge >= 0.3 is 0 Å². The van der Waals surface area contributed by atoms with Crippen LogP contribution in [0, 0.1) is 0 Å². The number of benzene rings is 1. The molecule has 0 saturated heterocycles. The average Bonchev–Trinajstić information content (AvgIpc) is 3.07. The summed E-state index contributed by atoms with van der Waals surface area (Å²) in [6.07, 6.45) is 6.48. The lowest BCUT2D eigenvalue weighted by molar-refractivity contribution is -0.672. The molecule has 1 aromatic heterocycles. The highest BCUT2D eigenvalue weighted by molar-refractivity contribution is 5.39. The molecule has 0 radical (unpaired) electrons. The lowest BCUT2D eigenvalue weighted by Gasteiger charge is -2.09. The minimum absolute atomic E-state index is 0.747. The first-order chi connectivity index (χ1) is 10.9. The van der Waals surface area contributed by atoms with Crippen molar-refractivity contribution in [1.29, 1.82) is 0 Å². The molecule has 0 aliphatic heterocycles. The number of unbranched alkanes of at least 4 members (excludes halogenated alkanes) is 3. The van der Waals surface area contributed by atoms with Crippen LogP contribution >= 0.6 is 0 Å². The Balaban J connectivity index is 1.46. The Labute approximate surface area is 132 Å². The van der Waals surface area contributed by atoms with Crippen molar-refractivity contribution in [3.63, 3.8) is 0 Å². The second-order valence-corrected chi connectivity index (χ2v) is 5.27. The zero-order chi connectivity index (χ0) is 15.5. The average molecular weight is 304 g/mol. The highest BCUT2D eigenvalue weighted by atomic mass is 16.5. The fourth-order valence-corrected chi connectivity index (χ4v) is 2.34. The molecule has 0 aliphatic rings. The van der Waals surface area contributed by atoms with Crippen molar-refractivity contribution < 1.29 is 19.2 Å². The number of hydrogen-bond acceptors (Lipinski definition) is 3. The Morgan fingerprint density at radius 3 is 2.55 bits per heavy atom. The van der Waals surface area contributed by atoms with Gasteiger partial charge in [-0.3, -0.25) is 0 Å². The van der Waals surface area contributed by atoms with Gasteiger partial charge in [-0.1, -0.05) is 12.1 Å². The molecule has 0 fully saturated rings. The van der Waals surface area contributed by atoms with Crippen LogP contribution in [0.3, 0.4) is 0 Å². The molecule has 120 valence electrons.